The topological polar surface area (TPSA) is 43.4 Å². The van der Waals surface area contributed by atoms with Gasteiger partial charge >= 0.3 is 5.97 Å². The molecule has 1 unspecified atom stereocenters. The lowest BCUT2D eigenvalue weighted by Crippen LogP contribution is -2.27. The zero-order chi connectivity index (χ0) is 8.97. The predicted octanol–water partition coefficient (Wildman–Crippen LogP) is 1.43. The molecule has 0 bridgehead atoms. The van der Waals surface area contributed by atoms with Crippen molar-refractivity contribution in [2.24, 2.45) is 5.92 Å². The van der Waals surface area contributed by atoms with E-state index in [1.165, 1.54) is 0 Å². The molecule has 0 radical (unpaired) electrons. The van der Waals surface area contributed by atoms with E-state index in [0.29, 0.717) is 12.8 Å². The number of hydrogen-bond donors (Lipinski definition) is 0. The van der Waals surface area contributed by atoms with Crippen LogP contribution in [0.15, 0.2) is 12.8 Å². The van der Waals surface area contributed by atoms with Crippen LogP contribution in [0, 0.1) is 5.92 Å². The van der Waals surface area contributed by atoms with E-state index in [4.69, 9.17) is 0 Å². The van der Waals surface area contributed by atoms with Crippen molar-refractivity contribution in [2.45, 2.75) is 25.7 Å². The summed E-state index contributed by atoms with van der Waals surface area (Å²) < 4.78 is 4.56. The second-order valence-electron chi connectivity index (χ2n) is 2.87. The highest BCUT2D eigenvalue weighted by Gasteiger charge is 2.29. The van der Waals surface area contributed by atoms with E-state index in [0.717, 1.165) is 19.1 Å². The normalized spacial score (nSPS) is 23.3. The molecule has 1 aliphatic carbocycles. The Hall–Kier alpha value is -1.12. The maximum atomic E-state index is 11.2. The molecule has 1 fully saturated rings. The van der Waals surface area contributed by atoms with Crippen LogP contribution in [0.3, 0.4) is 0 Å². The molecule has 1 rings (SSSR count). The van der Waals surface area contributed by atoms with Crippen LogP contribution in [0.5, 0.6) is 0 Å². The van der Waals surface area contributed by atoms with Crippen LogP contribution < -0.4 is 0 Å². The van der Waals surface area contributed by atoms with Crippen LogP contribution in [0.2, 0.25) is 0 Å². The van der Waals surface area contributed by atoms with Crippen molar-refractivity contribution < 1.29 is 14.3 Å². The average Bonchev–Trinajstić information content (AvgIpc) is 2.05. The van der Waals surface area contributed by atoms with Gasteiger partial charge in [0.2, 0.25) is 0 Å². The lowest BCUT2D eigenvalue weighted by Gasteiger charge is -2.17. The molecular weight excluding hydrogens is 156 g/mol. The van der Waals surface area contributed by atoms with Crippen LogP contribution in [-0.2, 0) is 14.3 Å². The first-order valence-corrected chi connectivity index (χ1v) is 4.10. The minimum atomic E-state index is -0.531. The average molecular weight is 168 g/mol. The van der Waals surface area contributed by atoms with E-state index in [9.17, 15) is 9.59 Å². The van der Waals surface area contributed by atoms with Crippen molar-refractivity contribution in [3.63, 3.8) is 0 Å². The van der Waals surface area contributed by atoms with Crippen LogP contribution in [0.4, 0.5) is 0 Å². The second-order valence-corrected chi connectivity index (χ2v) is 2.87. The predicted molar refractivity (Wildman–Crippen MR) is 43.3 cm³/mol. The van der Waals surface area contributed by atoms with Crippen molar-refractivity contribution in [1.29, 1.82) is 0 Å². The number of ketones is 1. The number of carbonyl (C=O) groups excluding carboxylic acids is 2. The van der Waals surface area contributed by atoms with Gasteiger partial charge in [-0.15, -0.1) is 0 Å². The fourth-order valence-electron chi connectivity index (χ4n) is 1.40. The second kappa shape index (κ2) is 4.04. The summed E-state index contributed by atoms with van der Waals surface area (Å²) in [5.41, 5.74) is 0. The standard InChI is InChI=1S/C9H12O3/c1-2-12-9(11)7-5-3-4-6-8(7)10/h2,7H,1,3-6H2. The maximum Gasteiger partial charge on any atom is 0.321 e. The third-order valence-electron chi connectivity index (χ3n) is 2.04. The first kappa shape index (κ1) is 8.97. The van der Waals surface area contributed by atoms with Gasteiger partial charge in [-0.05, 0) is 12.8 Å². The van der Waals surface area contributed by atoms with Crippen molar-refractivity contribution >= 4 is 11.8 Å². The van der Waals surface area contributed by atoms with E-state index >= 15 is 0 Å². The molecule has 12 heavy (non-hydrogen) atoms. The molecule has 0 aromatic rings. The van der Waals surface area contributed by atoms with Crippen LogP contribution in [0.1, 0.15) is 25.7 Å². The van der Waals surface area contributed by atoms with Crippen LogP contribution in [-0.4, -0.2) is 11.8 Å². The van der Waals surface area contributed by atoms with E-state index < -0.39 is 11.9 Å². The van der Waals surface area contributed by atoms with E-state index in [1.807, 2.05) is 0 Å². The van der Waals surface area contributed by atoms with Gasteiger partial charge in [0.25, 0.3) is 0 Å². The Labute approximate surface area is 71.4 Å². The number of carbonyl (C=O) groups is 2. The number of rotatable bonds is 2. The Morgan fingerprint density at radius 1 is 1.58 bits per heavy atom. The molecule has 1 atom stereocenters. The van der Waals surface area contributed by atoms with Crippen molar-refractivity contribution in [3.8, 4) is 0 Å². The highest BCUT2D eigenvalue weighted by molar-refractivity contribution is 5.99. The van der Waals surface area contributed by atoms with Crippen molar-refractivity contribution in [2.75, 3.05) is 0 Å². The van der Waals surface area contributed by atoms with Gasteiger partial charge in [-0.3, -0.25) is 9.59 Å². The zero-order valence-electron chi connectivity index (χ0n) is 6.91. The summed E-state index contributed by atoms with van der Waals surface area (Å²) in [6, 6.07) is 0. The summed E-state index contributed by atoms with van der Waals surface area (Å²) in [7, 11) is 0. The van der Waals surface area contributed by atoms with Gasteiger partial charge in [0.05, 0.1) is 6.26 Å². The van der Waals surface area contributed by atoms with E-state index in [1.54, 1.807) is 0 Å². The molecule has 66 valence electrons. The molecule has 0 aromatic carbocycles. The maximum absolute atomic E-state index is 11.2. The summed E-state index contributed by atoms with van der Waals surface area (Å²) >= 11 is 0. The molecule has 0 aromatic heterocycles. The highest BCUT2D eigenvalue weighted by atomic mass is 16.5. The molecular formula is C9H12O3. The van der Waals surface area contributed by atoms with Crippen molar-refractivity contribution in [1.82, 2.24) is 0 Å². The van der Waals surface area contributed by atoms with Gasteiger partial charge in [-0.2, -0.15) is 0 Å². The summed E-state index contributed by atoms with van der Waals surface area (Å²) in [5.74, 6) is -0.973. The van der Waals surface area contributed by atoms with E-state index in [-0.39, 0.29) is 5.78 Å². The lowest BCUT2D eigenvalue weighted by molar-refractivity contribution is -0.148. The van der Waals surface area contributed by atoms with Crippen molar-refractivity contribution in [3.05, 3.63) is 12.8 Å². The largest absolute Gasteiger partial charge is 0.435 e. The minimum absolute atomic E-state index is 0.00750. The number of ether oxygens (including phenoxy) is 1. The Morgan fingerprint density at radius 2 is 2.33 bits per heavy atom. The molecule has 1 aliphatic rings. The Morgan fingerprint density at radius 3 is 2.92 bits per heavy atom. The summed E-state index contributed by atoms with van der Waals surface area (Å²) in [5, 5.41) is 0. The first-order chi connectivity index (χ1) is 5.75. The summed E-state index contributed by atoms with van der Waals surface area (Å²) in [6.07, 6.45) is 4.05. The molecule has 0 amide bonds. The molecule has 3 nitrogen and oxygen atoms in total. The smallest absolute Gasteiger partial charge is 0.321 e. The summed E-state index contributed by atoms with van der Waals surface area (Å²) in [6.45, 7) is 3.27. The zero-order valence-corrected chi connectivity index (χ0v) is 6.91. The fraction of sp³-hybridized carbons (Fsp3) is 0.556. The number of esters is 1. The quantitative estimate of drug-likeness (QED) is 0.356. The van der Waals surface area contributed by atoms with Gasteiger partial charge in [0, 0.05) is 6.42 Å². The third-order valence-corrected chi connectivity index (χ3v) is 2.04. The molecule has 0 saturated heterocycles. The number of hydrogen-bond acceptors (Lipinski definition) is 3. The SMILES string of the molecule is C=COC(=O)C1CCCCC1=O. The van der Waals surface area contributed by atoms with E-state index in [2.05, 4.69) is 11.3 Å². The third kappa shape index (κ3) is 1.94. The lowest BCUT2D eigenvalue weighted by atomic mass is 9.88. The van der Waals surface area contributed by atoms with Gasteiger partial charge in [0.15, 0.2) is 0 Å². The van der Waals surface area contributed by atoms with Crippen LogP contribution >= 0.6 is 0 Å². The highest BCUT2D eigenvalue weighted by Crippen LogP contribution is 2.21. The Kier molecular flexibility index (Phi) is 3.02. The fourth-order valence-corrected chi connectivity index (χ4v) is 1.40. The van der Waals surface area contributed by atoms with Gasteiger partial charge < -0.3 is 4.74 Å². The van der Waals surface area contributed by atoms with Crippen LogP contribution in [0.25, 0.3) is 0 Å². The monoisotopic (exact) mass is 168 g/mol. The van der Waals surface area contributed by atoms with Gasteiger partial charge in [-0.1, -0.05) is 13.0 Å². The summed E-state index contributed by atoms with van der Waals surface area (Å²) in [4.78, 5) is 22.3. The minimum Gasteiger partial charge on any atom is -0.435 e. The molecule has 0 N–H and O–H groups in total. The Bertz CT molecular complexity index is 208. The molecule has 0 heterocycles. The van der Waals surface area contributed by atoms with Gasteiger partial charge in [0.1, 0.15) is 11.7 Å². The van der Waals surface area contributed by atoms with Gasteiger partial charge in [-0.25, -0.2) is 0 Å². The molecule has 0 aliphatic heterocycles. The first-order valence-electron chi connectivity index (χ1n) is 4.10. The molecule has 0 spiro atoms. The number of Topliss-reactive ketones (excluding diaryl/α,β-unsaturated/α-hetero) is 1. The Balaban J connectivity index is 2.53. The molecule has 3 heteroatoms. The molecule has 1 saturated carbocycles.